The van der Waals surface area contributed by atoms with Crippen LogP contribution in [-0.4, -0.2) is 122 Å². The zero-order valence-electron chi connectivity index (χ0n) is 28.6. The van der Waals surface area contributed by atoms with Gasteiger partial charge in [0.2, 0.25) is 0 Å². The van der Waals surface area contributed by atoms with Gasteiger partial charge in [-0.15, -0.1) is 0 Å². The highest BCUT2D eigenvalue weighted by molar-refractivity contribution is 5.82. The average molecular weight is 708 g/mol. The number of carboxylic acids is 1. The van der Waals surface area contributed by atoms with E-state index in [1.54, 1.807) is 43.4 Å². The third kappa shape index (κ3) is 11.6. The zero-order chi connectivity index (χ0) is 36.4. The van der Waals surface area contributed by atoms with E-state index in [0.717, 1.165) is 19.3 Å². The molecule has 0 aliphatic carbocycles. The highest BCUT2D eigenvalue weighted by Crippen LogP contribution is 2.39. The molecule has 4 rings (SSSR count). The molecule has 4 heterocycles. The van der Waals surface area contributed by atoms with Gasteiger partial charge in [0, 0.05) is 38.2 Å². The number of esters is 1. The third-order valence-electron chi connectivity index (χ3n) is 9.35. The number of ether oxygens (including phenoxy) is 5. The Bertz CT molecular complexity index is 1270. The van der Waals surface area contributed by atoms with E-state index >= 15 is 0 Å². The number of epoxide rings is 1. The molecule has 0 saturated carbocycles. The number of rotatable bonds is 6. The maximum absolute atomic E-state index is 12.5. The van der Waals surface area contributed by atoms with Crippen LogP contribution in [0.1, 0.15) is 65.2 Å². The van der Waals surface area contributed by atoms with E-state index in [1.165, 1.54) is 6.08 Å². The predicted molar refractivity (Wildman–Crippen MR) is 179 cm³/mol. The molecule has 0 aromatic carbocycles. The molecule has 2 bridgehead atoms. The Hall–Kier alpha value is -2.76. The molecule has 3 saturated heterocycles. The van der Waals surface area contributed by atoms with Gasteiger partial charge in [-0.3, -0.25) is 4.79 Å². The minimum atomic E-state index is -2.10. The Morgan fingerprint density at radius 1 is 0.980 bits per heavy atom. The molecular weight excluding hydrogens is 654 g/mol. The van der Waals surface area contributed by atoms with Gasteiger partial charge in [0.15, 0.2) is 12.1 Å². The molecule has 0 aromatic rings. The van der Waals surface area contributed by atoms with Crippen LogP contribution in [0.4, 0.5) is 0 Å². The number of aliphatic hydroxyl groups excluding tert-OH is 4. The fourth-order valence-corrected chi connectivity index (χ4v) is 6.54. The van der Waals surface area contributed by atoms with E-state index in [4.69, 9.17) is 29.4 Å². The monoisotopic (exact) mass is 707 g/mol. The van der Waals surface area contributed by atoms with Crippen molar-refractivity contribution >= 4 is 11.9 Å². The number of hydrogen-bond donors (Lipinski definition) is 7. The SMILES string of the molecule is CCCCC1C\C=C/C=C\C=C/C=C\C(OC2OC(C)C(O)C(N)C2O)CC2OC(O)(CC(O)CC3OC3/C=C\C(=O)O1)CC(O)C2C(=O)O. The number of unbranched alkanes of at least 4 members (excludes halogenated alkanes) is 1. The van der Waals surface area contributed by atoms with E-state index in [1.807, 2.05) is 18.2 Å². The molecule has 0 amide bonds. The van der Waals surface area contributed by atoms with E-state index in [-0.39, 0.29) is 25.4 Å². The maximum Gasteiger partial charge on any atom is 0.330 e. The molecule has 280 valence electrons. The average Bonchev–Trinajstić information content (AvgIpc) is 3.78. The molecule has 8 N–H and O–H groups in total. The first-order chi connectivity index (χ1) is 23.8. The summed E-state index contributed by atoms with van der Waals surface area (Å²) in [5.41, 5.74) is 6.00. The second kappa shape index (κ2) is 18.6. The van der Waals surface area contributed by atoms with Crippen LogP contribution in [0.15, 0.2) is 60.8 Å². The van der Waals surface area contributed by atoms with Crippen molar-refractivity contribution in [1.82, 2.24) is 0 Å². The molecule has 3 fully saturated rings. The maximum atomic E-state index is 12.5. The van der Waals surface area contributed by atoms with Crippen molar-refractivity contribution in [2.45, 2.75) is 144 Å². The first-order valence-electron chi connectivity index (χ1n) is 17.4. The molecule has 0 aromatic heterocycles. The summed E-state index contributed by atoms with van der Waals surface area (Å²) in [5.74, 6) is -5.41. The first kappa shape index (κ1) is 40.0. The second-order valence-corrected chi connectivity index (χ2v) is 13.5. The Morgan fingerprint density at radius 3 is 2.42 bits per heavy atom. The Balaban J connectivity index is 1.58. The van der Waals surface area contributed by atoms with Crippen LogP contribution >= 0.6 is 0 Å². The molecule has 0 spiro atoms. The van der Waals surface area contributed by atoms with Crippen LogP contribution < -0.4 is 5.73 Å². The van der Waals surface area contributed by atoms with E-state index in [2.05, 4.69) is 6.92 Å². The van der Waals surface area contributed by atoms with Crippen molar-refractivity contribution in [1.29, 1.82) is 0 Å². The Labute approximate surface area is 292 Å². The number of cyclic esters (lactones) is 1. The molecular formula is C36H53NO13. The number of fused-ring (bicyclic) bond motifs is 3. The van der Waals surface area contributed by atoms with Crippen LogP contribution in [0.5, 0.6) is 0 Å². The number of nitrogens with two attached hydrogens (primary N) is 1. The van der Waals surface area contributed by atoms with Crippen molar-refractivity contribution in [3.63, 3.8) is 0 Å². The lowest BCUT2D eigenvalue weighted by Crippen LogP contribution is -2.61. The number of carboxylic acid groups (broad SMARTS) is 1. The highest BCUT2D eigenvalue weighted by Gasteiger charge is 2.51. The van der Waals surface area contributed by atoms with Crippen LogP contribution in [-0.2, 0) is 33.3 Å². The number of hydrogen-bond acceptors (Lipinski definition) is 13. The Kier molecular flexibility index (Phi) is 14.9. The fourth-order valence-electron chi connectivity index (χ4n) is 6.54. The van der Waals surface area contributed by atoms with Gasteiger partial charge >= 0.3 is 11.9 Å². The van der Waals surface area contributed by atoms with Crippen LogP contribution in [0.3, 0.4) is 0 Å². The standard InChI is InChI=1S/C36H53NO13/c1-3-4-12-23-13-10-8-6-5-7-9-11-14-24(48-35-33(42)31(37)32(41)21(2)46-35)18-28-30(34(43)44)25(39)20-36(45,50-28)19-22(38)17-27-26(49-27)15-16-29(40)47-23/h5-11,14-16,21-28,30-33,35,38-39,41-42,45H,3-4,12-13,17-20,37H2,1-2H3,(H,43,44)/b6-5-,9-7-,10-8-,14-11-,16-15-. The normalized spacial score (nSPS) is 45.1. The van der Waals surface area contributed by atoms with Crippen LogP contribution in [0.25, 0.3) is 0 Å². The molecule has 14 nitrogen and oxygen atoms in total. The lowest BCUT2D eigenvalue weighted by molar-refractivity contribution is -0.308. The molecule has 4 aliphatic rings. The molecule has 50 heavy (non-hydrogen) atoms. The van der Waals surface area contributed by atoms with Gasteiger partial charge in [0.1, 0.15) is 24.2 Å². The van der Waals surface area contributed by atoms with Gasteiger partial charge in [-0.2, -0.15) is 0 Å². The van der Waals surface area contributed by atoms with Gasteiger partial charge in [-0.1, -0.05) is 68.4 Å². The van der Waals surface area contributed by atoms with E-state index in [0.29, 0.717) is 6.42 Å². The lowest BCUT2D eigenvalue weighted by Gasteiger charge is -2.45. The minimum absolute atomic E-state index is 0.0816. The largest absolute Gasteiger partial charge is 0.481 e. The molecule has 14 unspecified atom stereocenters. The summed E-state index contributed by atoms with van der Waals surface area (Å²) in [6, 6.07) is -1.08. The molecule has 14 atom stereocenters. The molecule has 14 heteroatoms. The van der Waals surface area contributed by atoms with Crippen LogP contribution in [0, 0.1) is 5.92 Å². The summed E-state index contributed by atoms with van der Waals surface area (Å²) >= 11 is 0. The minimum Gasteiger partial charge on any atom is -0.481 e. The summed E-state index contributed by atoms with van der Waals surface area (Å²) in [6.45, 7) is 3.64. The smallest absolute Gasteiger partial charge is 0.330 e. The highest BCUT2D eigenvalue weighted by atomic mass is 16.7. The molecule has 0 radical (unpaired) electrons. The summed E-state index contributed by atoms with van der Waals surface area (Å²) in [6.07, 6.45) is 8.24. The fraction of sp³-hybridized carbons (Fsp3) is 0.667. The number of carbonyl (C=O) groups excluding carboxylic acids is 1. The zero-order valence-corrected chi connectivity index (χ0v) is 28.6. The number of aliphatic carboxylic acids is 1. The quantitative estimate of drug-likeness (QED) is 0.152. The van der Waals surface area contributed by atoms with E-state index in [9.17, 15) is 40.2 Å². The number of allylic oxidation sites excluding steroid dienone is 6. The van der Waals surface area contributed by atoms with Gasteiger partial charge in [-0.05, 0) is 19.4 Å². The molecule has 4 aliphatic heterocycles. The van der Waals surface area contributed by atoms with Crippen molar-refractivity contribution in [2.24, 2.45) is 11.7 Å². The summed E-state index contributed by atoms with van der Waals surface area (Å²) in [4.78, 5) is 24.8. The van der Waals surface area contributed by atoms with Gasteiger partial charge < -0.3 is 60.1 Å². The van der Waals surface area contributed by atoms with Crippen molar-refractivity contribution in [3.05, 3.63) is 60.8 Å². The van der Waals surface area contributed by atoms with Crippen molar-refractivity contribution in [2.75, 3.05) is 0 Å². The van der Waals surface area contributed by atoms with Crippen molar-refractivity contribution < 1.29 is 63.9 Å². The first-order valence-corrected chi connectivity index (χ1v) is 17.4. The van der Waals surface area contributed by atoms with Crippen LogP contribution in [0.2, 0.25) is 0 Å². The summed E-state index contributed by atoms with van der Waals surface area (Å²) < 4.78 is 29.0. The second-order valence-electron chi connectivity index (χ2n) is 13.5. The van der Waals surface area contributed by atoms with Crippen molar-refractivity contribution in [3.8, 4) is 0 Å². The van der Waals surface area contributed by atoms with Gasteiger partial charge in [-0.25, -0.2) is 4.79 Å². The number of aliphatic hydroxyl groups is 5. The summed E-state index contributed by atoms with van der Waals surface area (Å²) in [5, 5.41) is 64.2. The number of carbonyl (C=O) groups is 2. The summed E-state index contributed by atoms with van der Waals surface area (Å²) in [7, 11) is 0. The third-order valence-corrected chi connectivity index (χ3v) is 9.35. The van der Waals surface area contributed by atoms with Gasteiger partial charge in [0.05, 0.1) is 48.8 Å². The lowest BCUT2D eigenvalue weighted by atomic mass is 9.83. The van der Waals surface area contributed by atoms with Gasteiger partial charge in [0.25, 0.3) is 0 Å². The predicted octanol–water partition coefficient (Wildman–Crippen LogP) is 1.29. The van der Waals surface area contributed by atoms with E-state index < -0.39 is 97.3 Å². The topological polar surface area (TPSA) is 231 Å². The Morgan fingerprint density at radius 2 is 1.70 bits per heavy atom.